The van der Waals surface area contributed by atoms with Crippen molar-refractivity contribution in [3.05, 3.63) is 55.9 Å². The summed E-state index contributed by atoms with van der Waals surface area (Å²) in [5.74, 6) is -4.49. The average Bonchev–Trinajstić information content (AvgIpc) is 2.67. The van der Waals surface area contributed by atoms with Gasteiger partial charge in [0.1, 0.15) is 5.82 Å². The minimum Gasteiger partial charge on any atom is -0.395 e. The highest BCUT2D eigenvalue weighted by molar-refractivity contribution is 14.1. The van der Waals surface area contributed by atoms with E-state index in [0.29, 0.717) is 3.57 Å². The van der Waals surface area contributed by atoms with E-state index in [9.17, 15) is 18.0 Å². The number of aliphatic hydroxyl groups is 1. The van der Waals surface area contributed by atoms with Crippen molar-refractivity contribution in [1.82, 2.24) is 10.8 Å². The molecule has 0 saturated heterocycles. The summed E-state index contributed by atoms with van der Waals surface area (Å²) in [6.45, 7) is -0.340. The standard InChI is InChI=1S/C17H16ClF3IN3O3/c1-23-9(6-26)7-28-25-17(27)10-5-11(18)14(20)15(21)16(10)24-13-3-2-8(22)4-12(13)19/h2-5,9,23-24,26H,6-7H2,1H3,(H,25,27)/t9-/m0/s1. The molecular formula is C17H16ClF3IN3O3. The van der Waals surface area contributed by atoms with Gasteiger partial charge in [0.15, 0.2) is 11.6 Å². The van der Waals surface area contributed by atoms with Crippen molar-refractivity contribution in [3.8, 4) is 0 Å². The lowest BCUT2D eigenvalue weighted by molar-refractivity contribution is 0.0164. The Kier molecular flexibility index (Phi) is 8.31. The fourth-order valence-electron chi connectivity index (χ4n) is 2.11. The molecule has 0 aliphatic heterocycles. The highest BCUT2D eigenvalue weighted by Crippen LogP contribution is 2.32. The average molecular weight is 530 g/mol. The molecule has 2 rings (SSSR count). The molecule has 2 aromatic rings. The van der Waals surface area contributed by atoms with Crippen LogP contribution in [-0.2, 0) is 4.84 Å². The van der Waals surface area contributed by atoms with E-state index in [-0.39, 0.29) is 18.9 Å². The van der Waals surface area contributed by atoms with Gasteiger partial charge < -0.3 is 15.7 Å². The van der Waals surface area contributed by atoms with E-state index in [4.69, 9.17) is 21.5 Å². The Bertz CT molecular complexity index is 869. The Labute approximate surface area is 177 Å². The van der Waals surface area contributed by atoms with E-state index in [0.717, 1.165) is 6.07 Å². The second-order valence-corrected chi connectivity index (χ2v) is 7.22. The molecule has 2 aromatic carbocycles. The van der Waals surface area contributed by atoms with Crippen molar-refractivity contribution in [1.29, 1.82) is 0 Å². The molecule has 0 unspecified atom stereocenters. The minimum absolute atomic E-state index is 0.0926. The van der Waals surface area contributed by atoms with Gasteiger partial charge >= 0.3 is 0 Å². The van der Waals surface area contributed by atoms with Crippen LogP contribution in [0.4, 0.5) is 24.5 Å². The van der Waals surface area contributed by atoms with Crippen LogP contribution in [0.25, 0.3) is 0 Å². The third-order valence-corrected chi connectivity index (χ3v) is 4.62. The van der Waals surface area contributed by atoms with Gasteiger partial charge in [0, 0.05) is 3.57 Å². The summed E-state index contributed by atoms with van der Waals surface area (Å²) >= 11 is 7.53. The molecule has 28 heavy (non-hydrogen) atoms. The highest BCUT2D eigenvalue weighted by atomic mass is 127. The summed E-state index contributed by atoms with van der Waals surface area (Å²) in [6, 6.07) is 4.49. The number of carbonyl (C=O) groups excluding carboxylic acids is 1. The molecule has 0 spiro atoms. The molecule has 0 aliphatic rings. The second kappa shape index (κ2) is 10.3. The number of benzene rings is 2. The van der Waals surface area contributed by atoms with Gasteiger partial charge in [0.05, 0.1) is 41.2 Å². The number of amides is 1. The van der Waals surface area contributed by atoms with Crippen molar-refractivity contribution in [2.75, 3.05) is 25.6 Å². The largest absolute Gasteiger partial charge is 0.395 e. The predicted molar refractivity (Wildman–Crippen MR) is 107 cm³/mol. The highest BCUT2D eigenvalue weighted by Gasteiger charge is 2.23. The Morgan fingerprint density at radius 2 is 2.00 bits per heavy atom. The molecule has 0 saturated carbocycles. The van der Waals surface area contributed by atoms with Gasteiger partial charge in [0.25, 0.3) is 5.91 Å². The van der Waals surface area contributed by atoms with Gasteiger partial charge in [-0.25, -0.2) is 18.7 Å². The van der Waals surface area contributed by atoms with Gasteiger partial charge in [-0.05, 0) is 53.9 Å². The number of anilines is 2. The van der Waals surface area contributed by atoms with Crippen LogP contribution in [0.1, 0.15) is 10.4 Å². The Morgan fingerprint density at radius 3 is 2.61 bits per heavy atom. The molecule has 1 atom stereocenters. The number of halogens is 5. The fourth-order valence-corrected chi connectivity index (χ4v) is 2.76. The van der Waals surface area contributed by atoms with Crippen LogP contribution >= 0.6 is 34.2 Å². The van der Waals surface area contributed by atoms with Crippen LogP contribution in [0.2, 0.25) is 5.02 Å². The summed E-state index contributed by atoms with van der Waals surface area (Å²) in [6.07, 6.45) is 0. The van der Waals surface area contributed by atoms with Gasteiger partial charge in [-0.3, -0.25) is 9.63 Å². The number of hydroxylamine groups is 1. The number of hydrogen-bond donors (Lipinski definition) is 4. The summed E-state index contributed by atoms with van der Waals surface area (Å²) in [4.78, 5) is 17.3. The van der Waals surface area contributed by atoms with Gasteiger partial charge in [-0.2, -0.15) is 0 Å². The molecule has 4 N–H and O–H groups in total. The predicted octanol–water partition coefficient (Wildman–Crippen LogP) is 3.35. The molecule has 6 nitrogen and oxygen atoms in total. The zero-order chi connectivity index (χ0) is 20.8. The topological polar surface area (TPSA) is 82.6 Å². The van der Waals surface area contributed by atoms with E-state index in [2.05, 4.69) is 10.6 Å². The van der Waals surface area contributed by atoms with E-state index in [1.54, 1.807) is 13.1 Å². The maximum absolute atomic E-state index is 14.4. The third kappa shape index (κ3) is 5.47. The summed E-state index contributed by atoms with van der Waals surface area (Å²) in [7, 11) is 1.58. The van der Waals surface area contributed by atoms with Crippen molar-refractivity contribution < 1.29 is 27.9 Å². The first kappa shape index (κ1) is 22.7. The Balaban J connectivity index is 2.31. The van der Waals surface area contributed by atoms with Crippen LogP contribution in [0.3, 0.4) is 0 Å². The first-order valence-corrected chi connectivity index (χ1v) is 9.34. The van der Waals surface area contributed by atoms with Crippen LogP contribution in [0, 0.1) is 21.0 Å². The van der Waals surface area contributed by atoms with Gasteiger partial charge in [-0.15, -0.1) is 0 Å². The van der Waals surface area contributed by atoms with Gasteiger partial charge in [-0.1, -0.05) is 11.6 Å². The number of rotatable bonds is 8. The molecule has 0 radical (unpaired) electrons. The van der Waals surface area contributed by atoms with Gasteiger partial charge in [0.2, 0.25) is 0 Å². The lowest BCUT2D eigenvalue weighted by atomic mass is 10.1. The molecular weight excluding hydrogens is 514 g/mol. The first-order valence-electron chi connectivity index (χ1n) is 7.88. The van der Waals surface area contributed by atoms with Crippen molar-refractivity contribution >= 4 is 51.5 Å². The fraction of sp³-hybridized carbons (Fsp3) is 0.235. The molecule has 1 amide bonds. The number of hydrogen-bond acceptors (Lipinski definition) is 5. The molecule has 11 heteroatoms. The maximum atomic E-state index is 14.4. The van der Waals surface area contributed by atoms with Crippen LogP contribution in [0.15, 0.2) is 24.3 Å². The van der Waals surface area contributed by atoms with E-state index in [1.165, 1.54) is 12.1 Å². The summed E-state index contributed by atoms with van der Waals surface area (Å²) < 4.78 is 43.0. The normalized spacial score (nSPS) is 12.0. The van der Waals surface area contributed by atoms with Crippen molar-refractivity contribution in [2.45, 2.75) is 6.04 Å². The minimum atomic E-state index is -1.45. The van der Waals surface area contributed by atoms with E-state index in [1.807, 2.05) is 28.1 Å². The molecule has 0 bridgehead atoms. The maximum Gasteiger partial charge on any atom is 0.277 e. The zero-order valence-corrected chi connectivity index (χ0v) is 17.4. The molecule has 0 aromatic heterocycles. The Morgan fingerprint density at radius 1 is 1.29 bits per heavy atom. The SMILES string of the molecule is CN[C@@H](CO)CONC(=O)c1cc(Cl)c(F)c(F)c1Nc1ccc(I)cc1F. The molecule has 0 aliphatic carbocycles. The molecule has 0 fully saturated rings. The summed E-state index contributed by atoms with van der Waals surface area (Å²) in [5.41, 5.74) is 0.891. The lowest BCUT2D eigenvalue weighted by Gasteiger charge is -2.16. The van der Waals surface area contributed by atoms with Crippen LogP contribution < -0.4 is 16.1 Å². The zero-order valence-electron chi connectivity index (χ0n) is 14.5. The quantitative estimate of drug-likeness (QED) is 0.240. The van der Waals surface area contributed by atoms with Crippen LogP contribution in [0.5, 0.6) is 0 Å². The first-order chi connectivity index (χ1) is 13.3. The Hall–Kier alpha value is -1.60. The number of nitrogens with one attached hydrogen (secondary N) is 3. The third-order valence-electron chi connectivity index (χ3n) is 3.68. The number of likely N-dealkylation sites (N-methyl/N-ethyl adjacent to an activating group) is 1. The second-order valence-electron chi connectivity index (χ2n) is 5.57. The number of carbonyl (C=O) groups is 1. The lowest BCUT2D eigenvalue weighted by Crippen LogP contribution is -2.37. The number of aliphatic hydroxyl groups excluding tert-OH is 1. The van der Waals surface area contributed by atoms with Crippen LogP contribution in [-0.4, -0.2) is 37.3 Å². The van der Waals surface area contributed by atoms with E-state index < -0.39 is 45.7 Å². The smallest absolute Gasteiger partial charge is 0.277 e. The van der Waals surface area contributed by atoms with Crippen molar-refractivity contribution in [3.63, 3.8) is 0 Å². The van der Waals surface area contributed by atoms with Crippen molar-refractivity contribution in [2.24, 2.45) is 0 Å². The van der Waals surface area contributed by atoms with E-state index >= 15 is 0 Å². The molecule has 152 valence electrons. The summed E-state index contributed by atoms with van der Waals surface area (Å²) in [5, 5.41) is 13.6. The monoisotopic (exact) mass is 529 g/mol. The molecule has 0 heterocycles.